The van der Waals surface area contributed by atoms with Gasteiger partial charge >= 0.3 is 0 Å². The normalized spacial score (nSPS) is 30.6. The molecule has 1 aliphatic heterocycles. The molecule has 2 aliphatic rings. The van der Waals surface area contributed by atoms with Crippen molar-refractivity contribution in [2.45, 2.75) is 51.5 Å². The van der Waals surface area contributed by atoms with Crippen molar-refractivity contribution < 1.29 is 14.3 Å². The second kappa shape index (κ2) is 3.81. The molecule has 1 aliphatic carbocycles. The van der Waals surface area contributed by atoms with E-state index >= 15 is 0 Å². The van der Waals surface area contributed by atoms with E-state index in [4.69, 9.17) is 9.47 Å². The van der Waals surface area contributed by atoms with Crippen LogP contribution < -0.4 is 0 Å². The van der Waals surface area contributed by atoms with Crippen molar-refractivity contribution in [2.75, 3.05) is 0 Å². The highest BCUT2D eigenvalue weighted by Gasteiger charge is 2.48. The number of ether oxygens (including phenoxy) is 2. The monoisotopic (exact) mass is 250 g/mol. The van der Waals surface area contributed by atoms with Gasteiger partial charge in [-0.1, -0.05) is 25.6 Å². The number of carbonyl (C=O) groups excluding carboxylic acids is 1. The minimum Gasteiger partial charge on any atom is -0.340 e. The van der Waals surface area contributed by atoms with Crippen LogP contribution in [0.3, 0.4) is 0 Å². The standard InChI is InChI=1S/C13H18O3Si/c1-13(2)15-10-8-9(6-7-17(3,4)5)11(14)12(10)16-13/h8,10,12H,1-5H3/t10-,12-/m0/s1. The summed E-state index contributed by atoms with van der Waals surface area (Å²) in [7, 11) is -1.45. The molecule has 0 aromatic heterocycles. The first-order valence-corrected chi connectivity index (χ1v) is 9.33. The summed E-state index contributed by atoms with van der Waals surface area (Å²) in [5.41, 5.74) is 3.75. The summed E-state index contributed by atoms with van der Waals surface area (Å²) < 4.78 is 11.2. The minimum absolute atomic E-state index is 0.0358. The molecule has 0 aromatic carbocycles. The summed E-state index contributed by atoms with van der Waals surface area (Å²) >= 11 is 0. The Bertz CT molecular complexity index is 446. The topological polar surface area (TPSA) is 35.5 Å². The molecule has 3 nitrogen and oxygen atoms in total. The highest BCUT2D eigenvalue weighted by Crippen LogP contribution is 2.34. The van der Waals surface area contributed by atoms with Crippen molar-refractivity contribution in [1.82, 2.24) is 0 Å². The molecule has 1 heterocycles. The Morgan fingerprint density at radius 3 is 2.47 bits per heavy atom. The molecule has 17 heavy (non-hydrogen) atoms. The second-order valence-electron chi connectivity index (χ2n) is 5.97. The average Bonchev–Trinajstić information content (AvgIpc) is 2.57. The van der Waals surface area contributed by atoms with Crippen LogP contribution in [0.25, 0.3) is 0 Å². The van der Waals surface area contributed by atoms with Crippen LogP contribution >= 0.6 is 0 Å². The number of fused-ring (bicyclic) bond motifs is 1. The van der Waals surface area contributed by atoms with E-state index in [1.807, 2.05) is 13.8 Å². The number of rotatable bonds is 0. The Morgan fingerprint density at radius 2 is 1.94 bits per heavy atom. The third-order valence-electron chi connectivity index (χ3n) is 2.56. The molecule has 1 fully saturated rings. The van der Waals surface area contributed by atoms with Gasteiger partial charge in [-0.15, -0.1) is 5.54 Å². The molecule has 0 N–H and O–H groups in total. The lowest BCUT2D eigenvalue weighted by molar-refractivity contribution is -0.152. The molecule has 92 valence electrons. The van der Waals surface area contributed by atoms with Crippen LogP contribution in [-0.2, 0) is 14.3 Å². The molecule has 1 saturated heterocycles. The number of carbonyl (C=O) groups is 1. The van der Waals surface area contributed by atoms with Gasteiger partial charge in [0.05, 0.1) is 5.57 Å². The van der Waals surface area contributed by atoms with Gasteiger partial charge in [0, 0.05) is 0 Å². The average molecular weight is 250 g/mol. The SMILES string of the molecule is CC1(C)O[C@H]2C=C(C#C[Si](C)(C)C)C(=O)[C@H]2O1. The van der Waals surface area contributed by atoms with E-state index in [2.05, 4.69) is 31.1 Å². The summed E-state index contributed by atoms with van der Waals surface area (Å²) in [5.74, 6) is 2.29. The van der Waals surface area contributed by atoms with E-state index in [1.165, 1.54) is 0 Å². The maximum Gasteiger partial charge on any atom is 0.202 e. The molecule has 0 amide bonds. The van der Waals surface area contributed by atoms with Gasteiger partial charge in [-0.05, 0) is 19.9 Å². The van der Waals surface area contributed by atoms with Gasteiger partial charge in [0.2, 0.25) is 5.78 Å². The molecule has 0 radical (unpaired) electrons. The number of hydrogen-bond acceptors (Lipinski definition) is 3. The zero-order chi connectivity index (χ0) is 12.8. The maximum absolute atomic E-state index is 12.0. The van der Waals surface area contributed by atoms with Gasteiger partial charge in [0.1, 0.15) is 14.2 Å². The van der Waals surface area contributed by atoms with Crippen molar-refractivity contribution in [1.29, 1.82) is 0 Å². The first-order valence-electron chi connectivity index (χ1n) is 5.83. The van der Waals surface area contributed by atoms with Gasteiger partial charge in [0.25, 0.3) is 0 Å². The first-order chi connectivity index (χ1) is 7.68. The lowest BCUT2D eigenvalue weighted by Gasteiger charge is -2.17. The number of ketones is 1. The largest absolute Gasteiger partial charge is 0.340 e. The van der Waals surface area contributed by atoms with E-state index in [1.54, 1.807) is 6.08 Å². The molecular weight excluding hydrogens is 232 g/mol. The fourth-order valence-corrected chi connectivity index (χ4v) is 2.38. The number of hydrogen-bond donors (Lipinski definition) is 0. The summed E-state index contributed by atoms with van der Waals surface area (Å²) in [6.45, 7) is 10.1. The zero-order valence-electron chi connectivity index (χ0n) is 11.0. The van der Waals surface area contributed by atoms with Crippen LogP contribution in [0.5, 0.6) is 0 Å². The Labute approximate surface area is 103 Å². The highest BCUT2D eigenvalue weighted by atomic mass is 28.3. The zero-order valence-corrected chi connectivity index (χ0v) is 12.0. The molecule has 0 unspecified atom stereocenters. The quantitative estimate of drug-likeness (QED) is 0.486. The molecule has 4 heteroatoms. The van der Waals surface area contributed by atoms with Crippen molar-refractivity contribution in [3.05, 3.63) is 11.6 Å². The Kier molecular flexibility index (Phi) is 2.81. The molecule has 0 spiro atoms. The Balaban J connectivity index is 2.19. The predicted octanol–water partition coefficient (Wildman–Crippen LogP) is 1.90. The first kappa shape index (κ1) is 12.6. The maximum atomic E-state index is 12.0. The fraction of sp³-hybridized carbons (Fsp3) is 0.615. The van der Waals surface area contributed by atoms with Gasteiger partial charge < -0.3 is 9.47 Å². The van der Waals surface area contributed by atoms with Crippen molar-refractivity contribution in [3.8, 4) is 11.5 Å². The lowest BCUT2D eigenvalue weighted by Crippen LogP contribution is -2.26. The third kappa shape index (κ3) is 2.68. The van der Waals surface area contributed by atoms with E-state index in [0.29, 0.717) is 5.57 Å². The molecule has 2 rings (SSSR count). The molecule has 2 atom stereocenters. The van der Waals surface area contributed by atoms with Gasteiger partial charge in [0.15, 0.2) is 11.9 Å². The Hall–Kier alpha value is -0.893. The van der Waals surface area contributed by atoms with Crippen LogP contribution in [0, 0.1) is 11.5 Å². The van der Waals surface area contributed by atoms with Crippen LogP contribution in [0.1, 0.15) is 13.8 Å². The molecular formula is C13H18O3Si. The summed E-state index contributed by atoms with van der Waals surface area (Å²) in [4.78, 5) is 12.0. The van der Waals surface area contributed by atoms with Gasteiger partial charge in [-0.25, -0.2) is 0 Å². The highest BCUT2D eigenvalue weighted by molar-refractivity contribution is 6.83. The van der Waals surface area contributed by atoms with Crippen molar-refractivity contribution in [2.24, 2.45) is 0 Å². The Morgan fingerprint density at radius 1 is 1.29 bits per heavy atom. The van der Waals surface area contributed by atoms with Crippen molar-refractivity contribution >= 4 is 13.9 Å². The smallest absolute Gasteiger partial charge is 0.202 e. The fourth-order valence-electron chi connectivity index (χ4n) is 1.87. The summed E-state index contributed by atoms with van der Waals surface area (Å²) in [5, 5.41) is 0. The summed E-state index contributed by atoms with van der Waals surface area (Å²) in [6.07, 6.45) is 1.05. The molecule has 0 aromatic rings. The van der Waals surface area contributed by atoms with E-state index in [0.717, 1.165) is 0 Å². The molecule has 0 bridgehead atoms. The van der Waals surface area contributed by atoms with Crippen LogP contribution in [-0.4, -0.2) is 31.9 Å². The lowest BCUT2D eigenvalue weighted by atomic mass is 10.2. The van der Waals surface area contributed by atoms with E-state index in [-0.39, 0.29) is 11.9 Å². The van der Waals surface area contributed by atoms with E-state index in [9.17, 15) is 4.79 Å². The van der Waals surface area contributed by atoms with E-state index < -0.39 is 20.0 Å². The molecule has 0 saturated carbocycles. The summed E-state index contributed by atoms with van der Waals surface area (Å²) in [6, 6.07) is 0. The number of Topliss-reactive ketones (excluding diaryl/α,β-unsaturated/α-hetero) is 1. The van der Waals surface area contributed by atoms with Crippen molar-refractivity contribution in [3.63, 3.8) is 0 Å². The van der Waals surface area contributed by atoms with Gasteiger partial charge in [-0.3, -0.25) is 4.79 Å². The second-order valence-corrected chi connectivity index (χ2v) is 10.7. The van der Waals surface area contributed by atoms with Gasteiger partial charge in [-0.2, -0.15) is 0 Å². The minimum atomic E-state index is -1.45. The predicted molar refractivity (Wildman–Crippen MR) is 68.0 cm³/mol. The third-order valence-corrected chi connectivity index (χ3v) is 3.43. The van der Waals surface area contributed by atoms with Crippen LogP contribution in [0.2, 0.25) is 19.6 Å². The van der Waals surface area contributed by atoms with Crippen LogP contribution in [0.4, 0.5) is 0 Å². The van der Waals surface area contributed by atoms with Crippen LogP contribution in [0.15, 0.2) is 11.6 Å².